The number of rotatable bonds is 55. The van der Waals surface area contributed by atoms with Crippen LogP contribution in [-0.2, 0) is 28.6 Å². The number of allylic oxidation sites excluding steroid dienone is 36. The molecule has 83 heavy (non-hydrogen) atoms. The minimum absolute atomic E-state index is 0.140. The van der Waals surface area contributed by atoms with Gasteiger partial charge in [-0.2, -0.15) is 0 Å². The van der Waals surface area contributed by atoms with Gasteiger partial charge in [0.2, 0.25) is 0 Å². The van der Waals surface area contributed by atoms with Crippen molar-refractivity contribution in [3.63, 3.8) is 0 Å². The number of unbranched alkanes of at least 4 members (excludes halogenated alkanes) is 8. The molecule has 0 N–H and O–H groups in total. The second-order valence-corrected chi connectivity index (χ2v) is 20.2. The summed E-state index contributed by atoms with van der Waals surface area (Å²) >= 11 is 0. The van der Waals surface area contributed by atoms with Crippen molar-refractivity contribution in [3.8, 4) is 0 Å². The Kier molecular flexibility index (Phi) is 63.1. The molecule has 0 rings (SSSR count). The van der Waals surface area contributed by atoms with Crippen molar-refractivity contribution in [2.75, 3.05) is 13.2 Å². The Balaban J connectivity index is 4.62. The van der Waals surface area contributed by atoms with E-state index in [1.807, 2.05) is 0 Å². The van der Waals surface area contributed by atoms with Crippen molar-refractivity contribution in [1.82, 2.24) is 0 Å². The van der Waals surface area contributed by atoms with E-state index in [4.69, 9.17) is 14.2 Å². The van der Waals surface area contributed by atoms with Gasteiger partial charge in [0, 0.05) is 19.3 Å². The second-order valence-electron chi connectivity index (χ2n) is 20.2. The van der Waals surface area contributed by atoms with Crippen LogP contribution in [0.5, 0.6) is 0 Å². The molecule has 0 aromatic rings. The van der Waals surface area contributed by atoms with Gasteiger partial charge in [-0.25, -0.2) is 0 Å². The third-order valence-corrected chi connectivity index (χ3v) is 12.5. The first-order valence-electron chi connectivity index (χ1n) is 32.2. The van der Waals surface area contributed by atoms with Crippen LogP contribution >= 0.6 is 0 Å². The Morgan fingerprint density at radius 3 is 0.747 bits per heavy atom. The predicted molar refractivity (Wildman–Crippen MR) is 361 cm³/mol. The van der Waals surface area contributed by atoms with E-state index in [1.54, 1.807) is 0 Å². The molecule has 6 heteroatoms. The molecule has 0 radical (unpaired) electrons. The summed E-state index contributed by atoms with van der Waals surface area (Å²) in [5.74, 6) is -1.07. The third-order valence-electron chi connectivity index (χ3n) is 12.5. The van der Waals surface area contributed by atoms with E-state index in [9.17, 15) is 14.4 Å². The van der Waals surface area contributed by atoms with Gasteiger partial charge in [-0.15, -0.1) is 0 Å². The highest BCUT2D eigenvalue weighted by Crippen LogP contribution is 2.12. The van der Waals surface area contributed by atoms with Crippen LogP contribution in [0.15, 0.2) is 219 Å². The van der Waals surface area contributed by atoms with Crippen LogP contribution in [0.3, 0.4) is 0 Å². The minimum Gasteiger partial charge on any atom is -0.462 e. The first kappa shape index (κ1) is 76.7. The van der Waals surface area contributed by atoms with E-state index in [0.29, 0.717) is 12.8 Å². The lowest BCUT2D eigenvalue weighted by Gasteiger charge is -2.18. The summed E-state index contributed by atoms with van der Waals surface area (Å²) in [7, 11) is 0. The lowest BCUT2D eigenvalue weighted by atomic mass is 10.1. The fraction of sp³-hybridized carbons (Fsp3) is 0.494. The Morgan fingerprint density at radius 1 is 0.241 bits per heavy atom. The summed E-state index contributed by atoms with van der Waals surface area (Å²) in [5.41, 5.74) is 0. The SMILES string of the molecule is CC/C=C\C/C=C\C/C=C\C/C=C\C/C=C\C/C=C\C/C=C\C/C=C\CCCCC(=O)OCC(COC(=O)CCC/C=C\C/C=C\C/C=C\C/C=C\C/C=C\CC)OC(=O)CCCCCCC/C=C\C/C=C\C/C=C\C/C=C\C/C=C\CC. The first-order valence-corrected chi connectivity index (χ1v) is 32.2. The number of carbonyl (C=O) groups excluding carboxylic acids is 3. The van der Waals surface area contributed by atoms with E-state index < -0.39 is 6.10 Å². The number of hydrogen-bond donors (Lipinski definition) is 0. The minimum atomic E-state index is -0.847. The van der Waals surface area contributed by atoms with Crippen LogP contribution in [0.4, 0.5) is 0 Å². The maximum atomic E-state index is 12.9. The molecule has 458 valence electrons. The van der Waals surface area contributed by atoms with Crippen molar-refractivity contribution in [3.05, 3.63) is 219 Å². The highest BCUT2D eigenvalue weighted by molar-refractivity contribution is 5.71. The molecule has 0 aliphatic rings. The number of esters is 3. The summed E-state index contributed by atoms with van der Waals surface area (Å²) in [6, 6.07) is 0. The normalized spacial score (nSPS) is 13.6. The zero-order valence-electron chi connectivity index (χ0n) is 52.4. The van der Waals surface area contributed by atoms with E-state index in [0.717, 1.165) is 173 Å². The van der Waals surface area contributed by atoms with Gasteiger partial charge < -0.3 is 14.2 Å². The lowest BCUT2D eigenvalue weighted by Crippen LogP contribution is -2.30. The summed E-state index contributed by atoms with van der Waals surface area (Å²) in [4.78, 5) is 38.3. The smallest absolute Gasteiger partial charge is 0.306 e. The summed E-state index contributed by atoms with van der Waals surface area (Å²) in [6.07, 6.45) is 107. The predicted octanol–water partition coefficient (Wildman–Crippen LogP) is 22.5. The van der Waals surface area contributed by atoms with Crippen LogP contribution in [0.25, 0.3) is 0 Å². The molecule has 0 spiro atoms. The zero-order valence-corrected chi connectivity index (χ0v) is 52.4. The Bertz CT molecular complexity index is 2080. The maximum absolute atomic E-state index is 12.9. The van der Waals surface area contributed by atoms with Crippen LogP contribution < -0.4 is 0 Å². The molecule has 0 heterocycles. The molecule has 0 aromatic carbocycles. The number of ether oxygens (including phenoxy) is 3. The monoisotopic (exact) mass is 1130 g/mol. The molecular formula is C77H114O6. The van der Waals surface area contributed by atoms with Gasteiger partial charge in [0.15, 0.2) is 6.10 Å². The number of hydrogen-bond acceptors (Lipinski definition) is 6. The van der Waals surface area contributed by atoms with Crippen molar-refractivity contribution < 1.29 is 28.6 Å². The van der Waals surface area contributed by atoms with Crippen molar-refractivity contribution in [2.45, 2.75) is 232 Å². The lowest BCUT2D eigenvalue weighted by molar-refractivity contribution is -0.167. The molecule has 1 atom stereocenters. The first-order chi connectivity index (χ1) is 41.0. The average Bonchev–Trinajstić information content (AvgIpc) is 3.49. The van der Waals surface area contributed by atoms with E-state index in [-0.39, 0.29) is 50.4 Å². The molecule has 0 aliphatic carbocycles. The largest absolute Gasteiger partial charge is 0.462 e. The van der Waals surface area contributed by atoms with Crippen LogP contribution in [-0.4, -0.2) is 37.2 Å². The zero-order chi connectivity index (χ0) is 59.9. The standard InChI is InChI=1S/C77H114O6/c1-4-7-10-13-16-19-22-25-28-31-33-35-36-37-38-39-40-42-43-46-49-52-55-58-61-64-67-70-76(79)82-73-74(72-81-75(78)69-66-63-60-57-54-51-48-45-30-27-24-21-18-15-12-9-6-3)83-77(80)71-68-65-62-59-56-53-50-47-44-41-34-32-29-26-23-20-17-14-11-8-5-2/h7-12,16-21,25-30,33-35,37-38,40-42,46-51,55,57-58,60,74H,4-6,13-15,22-24,31-32,36,39,43-45,52-54,56,59,61-73H2,1-3H3/b10-7-,11-8-,12-9-,19-16-,20-17-,21-18-,28-25-,29-26-,30-27-,35-33-,38-37-,41-34-,42-40-,49-46-,50-47-,51-48-,58-55-,60-57-. The van der Waals surface area contributed by atoms with Gasteiger partial charge in [0.1, 0.15) is 13.2 Å². The van der Waals surface area contributed by atoms with E-state index >= 15 is 0 Å². The Morgan fingerprint density at radius 2 is 0.446 bits per heavy atom. The summed E-state index contributed by atoms with van der Waals surface area (Å²) < 4.78 is 16.8. The van der Waals surface area contributed by atoms with Crippen LogP contribution in [0.2, 0.25) is 0 Å². The molecule has 0 saturated carbocycles. The van der Waals surface area contributed by atoms with Crippen molar-refractivity contribution >= 4 is 17.9 Å². The van der Waals surface area contributed by atoms with Gasteiger partial charge in [0.05, 0.1) is 0 Å². The molecule has 6 nitrogen and oxygen atoms in total. The molecule has 0 aliphatic heterocycles. The fourth-order valence-corrected chi connectivity index (χ4v) is 7.75. The molecule has 0 bridgehead atoms. The second kappa shape index (κ2) is 68.2. The van der Waals surface area contributed by atoms with Gasteiger partial charge >= 0.3 is 17.9 Å². The molecule has 0 aromatic heterocycles. The van der Waals surface area contributed by atoms with Crippen LogP contribution in [0.1, 0.15) is 226 Å². The molecule has 0 amide bonds. The van der Waals surface area contributed by atoms with E-state index in [1.165, 1.54) is 0 Å². The summed E-state index contributed by atoms with van der Waals surface area (Å²) in [6.45, 7) is 6.17. The van der Waals surface area contributed by atoms with Crippen LogP contribution in [0, 0.1) is 0 Å². The number of carbonyl (C=O) groups is 3. The topological polar surface area (TPSA) is 78.9 Å². The maximum Gasteiger partial charge on any atom is 0.306 e. The highest BCUT2D eigenvalue weighted by atomic mass is 16.6. The quantitative estimate of drug-likeness (QED) is 0.0261. The van der Waals surface area contributed by atoms with Gasteiger partial charge in [0.25, 0.3) is 0 Å². The van der Waals surface area contributed by atoms with Gasteiger partial charge in [-0.1, -0.05) is 259 Å². The van der Waals surface area contributed by atoms with Gasteiger partial charge in [-0.05, 0) is 167 Å². The Labute approximate surface area is 508 Å². The summed E-state index contributed by atoms with van der Waals surface area (Å²) in [5, 5.41) is 0. The third kappa shape index (κ3) is 66.4. The van der Waals surface area contributed by atoms with Crippen molar-refractivity contribution in [1.29, 1.82) is 0 Å². The Hall–Kier alpha value is -6.27. The van der Waals surface area contributed by atoms with Crippen molar-refractivity contribution in [2.24, 2.45) is 0 Å². The molecule has 1 unspecified atom stereocenters. The highest BCUT2D eigenvalue weighted by Gasteiger charge is 2.19. The molecular weight excluding hydrogens is 1020 g/mol. The molecule has 0 saturated heterocycles. The molecule has 0 fully saturated rings. The average molecular weight is 1140 g/mol. The fourth-order valence-electron chi connectivity index (χ4n) is 7.75. The van der Waals surface area contributed by atoms with E-state index in [2.05, 4.69) is 240 Å². The van der Waals surface area contributed by atoms with Gasteiger partial charge in [-0.3, -0.25) is 14.4 Å².